The molecule has 0 radical (unpaired) electrons. The van der Waals surface area contributed by atoms with Crippen molar-refractivity contribution in [3.63, 3.8) is 0 Å². The Morgan fingerprint density at radius 3 is 2.65 bits per heavy atom. The number of hydrogen-bond acceptors (Lipinski definition) is 2. The van der Waals surface area contributed by atoms with Crippen LogP contribution in [0.4, 0.5) is 0 Å². The number of nitrogens with zero attached hydrogens (tertiary/aromatic N) is 3. The number of rotatable bonds is 2. The van der Waals surface area contributed by atoms with E-state index in [2.05, 4.69) is 28.2 Å². The SMILES string of the molecule is Clc1cc(-c2ccncn2)c(Cl)c(-n2ccc3ccccc32)c1. The van der Waals surface area contributed by atoms with Gasteiger partial charge < -0.3 is 4.57 Å². The summed E-state index contributed by atoms with van der Waals surface area (Å²) in [6.45, 7) is 0. The van der Waals surface area contributed by atoms with Gasteiger partial charge in [-0.05, 0) is 35.7 Å². The first-order valence-electron chi connectivity index (χ1n) is 7.06. The Morgan fingerprint density at radius 1 is 0.957 bits per heavy atom. The van der Waals surface area contributed by atoms with Gasteiger partial charge in [0.05, 0.1) is 21.9 Å². The van der Waals surface area contributed by atoms with E-state index in [0.717, 1.165) is 27.8 Å². The molecule has 2 aromatic heterocycles. The van der Waals surface area contributed by atoms with E-state index in [4.69, 9.17) is 23.2 Å². The zero-order valence-corrected chi connectivity index (χ0v) is 13.5. The largest absolute Gasteiger partial charge is 0.315 e. The number of hydrogen-bond donors (Lipinski definition) is 0. The minimum Gasteiger partial charge on any atom is -0.315 e. The van der Waals surface area contributed by atoms with Crippen LogP contribution >= 0.6 is 23.2 Å². The van der Waals surface area contributed by atoms with Crippen molar-refractivity contribution in [1.82, 2.24) is 14.5 Å². The molecule has 5 heteroatoms. The Bertz CT molecular complexity index is 994. The van der Waals surface area contributed by atoms with Gasteiger partial charge in [0.1, 0.15) is 6.33 Å². The number of halogens is 2. The Labute approximate surface area is 143 Å². The van der Waals surface area contributed by atoms with E-state index in [9.17, 15) is 0 Å². The van der Waals surface area contributed by atoms with Gasteiger partial charge in [-0.15, -0.1) is 0 Å². The van der Waals surface area contributed by atoms with Gasteiger partial charge in [0.15, 0.2) is 0 Å². The van der Waals surface area contributed by atoms with Crippen LogP contribution in [0.5, 0.6) is 0 Å². The van der Waals surface area contributed by atoms with Crippen molar-refractivity contribution in [2.24, 2.45) is 0 Å². The number of benzene rings is 2. The highest BCUT2D eigenvalue weighted by Crippen LogP contribution is 2.36. The molecule has 0 fully saturated rings. The van der Waals surface area contributed by atoms with Crippen molar-refractivity contribution in [1.29, 1.82) is 0 Å². The molecule has 112 valence electrons. The summed E-state index contributed by atoms with van der Waals surface area (Å²) < 4.78 is 2.04. The van der Waals surface area contributed by atoms with Gasteiger partial charge in [0.25, 0.3) is 0 Å². The summed E-state index contributed by atoms with van der Waals surface area (Å²) in [6, 6.07) is 15.7. The molecule has 0 saturated carbocycles. The standard InChI is InChI=1S/C18H11Cl2N3/c19-13-9-14(15-5-7-21-11-22-15)18(20)17(10-13)23-8-6-12-3-1-2-4-16(12)23/h1-11H. The first kappa shape index (κ1) is 14.2. The van der Waals surface area contributed by atoms with Crippen LogP contribution in [0.3, 0.4) is 0 Å². The van der Waals surface area contributed by atoms with Crippen molar-refractivity contribution in [2.45, 2.75) is 0 Å². The topological polar surface area (TPSA) is 30.7 Å². The molecule has 3 nitrogen and oxygen atoms in total. The van der Waals surface area contributed by atoms with Crippen LogP contribution in [-0.2, 0) is 0 Å². The Balaban J connectivity index is 1.98. The molecule has 0 bridgehead atoms. The van der Waals surface area contributed by atoms with Gasteiger partial charge in [-0.25, -0.2) is 9.97 Å². The number of para-hydroxylation sites is 1. The van der Waals surface area contributed by atoms with Gasteiger partial charge in [-0.1, -0.05) is 41.4 Å². The minimum absolute atomic E-state index is 0.606. The molecule has 0 atom stereocenters. The summed E-state index contributed by atoms with van der Waals surface area (Å²) in [4.78, 5) is 8.22. The third kappa shape index (κ3) is 2.48. The predicted octanol–water partition coefficient (Wildman–Crippen LogP) is 5.39. The summed E-state index contributed by atoms with van der Waals surface area (Å²) in [6.07, 6.45) is 5.17. The molecule has 4 aromatic rings. The summed E-state index contributed by atoms with van der Waals surface area (Å²) in [5, 5.41) is 2.36. The highest BCUT2D eigenvalue weighted by Gasteiger charge is 2.14. The average Bonchev–Trinajstić information content (AvgIpc) is 3.01. The zero-order valence-electron chi connectivity index (χ0n) is 11.9. The monoisotopic (exact) mass is 339 g/mol. The molecular formula is C18H11Cl2N3. The molecule has 0 amide bonds. The summed E-state index contributed by atoms with van der Waals surface area (Å²) in [7, 11) is 0. The van der Waals surface area contributed by atoms with E-state index in [1.54, 1.807) is 6.20 Å². The smallest absolute Gasteiger partial charge is 0.116 e. The van der Waals surface area contributed by atoms with E-state index in [1.165, 1.54) is 6.33 Å². The van der Waals surface area contributed by atoms with E-state index in [-0.39, 0.29) is 0 Å². The average molecular weight is 340 g/mol. The van der Waals surface area contributed by atoms with Crippen LogP contribution in [0.15, 0.2) is 67.3 Å². The van der Waals surface area contributed by atoms with Crippen molar-refractivity contribution < 1.29 is 0 Å². The fourth-order valence-electron chi connectivity index (χ4n) is 2.68. The normalized spacial score (nSPS) is 11.0. The molecule has 4 rings (SSSR count). The fraction of sp³-hybridized carbons (Fsp3) is 0. The van der Waals surface area contributed by atoms with E-state index >= 15 is 0 Å². The van der Waals surface area contributed by atoms with Gasteiger partial charge in [0.2, 0.25) is 0 Å². The van der Waals surface area contributed by atoms with Crippen LogP contribution < -0.4 is 0 Å². The molecule has 2 aromatic carbocycles. The number of fused-ring (bicyclic) bond motifs is 1. The van der Waals surface area contributed by atoms with Gasteiger partial charge in [0, 0.05) is 23.0 Å². The maximum Gasteiger partial charge on any atom is 0.116 e. The molecule has 2 heterocycles. The Morgan fingerprint density at radius 2 is 1.83 bits per heavy atom. The lowest BCUT2D eigenvalue weighted by Crippen LogP contribution is -1.96. The Hall–Kier alpha value is -2.36. The second kappa shape index (κ2) is 5.69. The zero-order chi connectivity index (χ0) is 15.8. The lowest BCUT2D eigenvalue weighted by molar-refractivity contribution is 1.12. The summed E-state index contributed by atoms with van der Waals surface area (Å²) in [5.41, 5.74) is 3.43. The third-order valence-corrected chi connectivity index (χ3v) is 4.35. The van der Waals surface area contributed by atoms with Crippen LogP contribution in [0.25, 0.3) is 27.8 Å². The molecule has 0 aliphatic rings. The number of aromatic nitrogens is 3. The highest BCUT2D eigenvalue weighted by molar-refractivity contribution is 6.37. The maximum absolute atomic E-state index is 6.67. The molecule has 0 spiro atoms. The van der Waals surface area contributed by atoms with Crippen molar-refractivity contribution in [3.05, 3.63) is 77.3 Å². The van der Waals surface area contributed by atoms with Crippen molar-refractivity contribution in [2.75, 3.05) is 0 Å². The third-order valence-electron chi connectivity index (χ3n) is 3.74. The van der Waals surface area contributed by atoms with Crippen molar-refractivity contribution >= 4 is 34.1 Å². The molecule has 0 unspecified atom stereocenters. The van der Waals surface area contributed by atoms with E-state index in [0.29, 0.717) is 10.0 Å². The molecule has 0 N–H and O–H groups in total. The highest BCUT2D eigenvalue weighted by atomic mass is 35.5. The Kier molecular flexibility index (Phi) is 3.52. The van der Waals surface area contributed by atoms with E-state index < -0.39 is 0 Å². The van der Waals surface area contributed by atoms with E-state index in [1.807, 2.05) is 41.1 Å². The fourth-order valence-corrected chi connectivity index (χ4v) is 3.19. The second-order valence-corrected chi connectivity index (χ2v) is 5.94. The lowest BCUT2D eigenvalue weighted by atomic mass is 10.1. The summed E-state index contributed by atoms with van der Waals surface area (Å²) in [5.74, 6) is 0. The molecule has 23 heavy (non-hydrogen) atoms. The van der Waals surface area contributed by atoms with Gasteiger partial charge >= 0.3 is 0 Å². The minimum atomic E-state index is 0.606. The van der Waals surface area contributed by atoms with Crippen LogP contribution in [0, 0.1) is 0 Å². The molecule has 0 saturated heterocycles. The van der Waals surface area contributed by atoms with Crippen LogP contribution in [-0.4, -0.2) is 14.5 Å². The lowest BCUT2D eigenvalue weighted by Gasteiger charge is -2.12. The van der Waals surface area contributed by atoms with Crippen LogP contribution in [0.1, 0.15) is 0 Å². The molecule has 0 aliphatic carbocycles. The maximum atomic E-state index is 6.67. The molecular weight excluding hydrogens is 329 g/mol. The second-order valence-electron chi connectivity index (χ2n) is 5.13. The summed E-state index contributed by atoms with van der Waals surface area (Å²) >= 11 is 13.0. The van der Waals surface area contributed by atoms with Crippen LogP contribution in [0.2, 0.25) is 10.0 Å². The predicted molar refractivity (Wildman–Crippen MR) is 94.3 cm³/mol. The van der Waals surface area contributed by atoms with Gasteiger partial charge in [-0.3, -0.25) is 0 Å². The van der Waals surface area contributed by atoms with Crippen molar-refractivity contribution in [3.8, 4) is 16.9 Å². The quantitative estimate of drug-likeness (QED) is 0.489. The first-order valence-corrected chi connectivity index (χ1v) is 7.81. The first-order chi connectivity index (χ1) is 11.2. The van der Waals surface area contributed by atoms with Gasteiger partial charge in [-0.2, -0.15) is 0 Å². The molecule has 0 aliphatic heterocycles.